The van der Waals surface area contributed by atoms with Crippen molar-refractivity contribution in [3.05, 3.63) is 53.5 Å². The van der Waals surface area contributed by atoms with E-state index in [2.05, 4.69) is 52.6 Å². The first-order valence-corrected chi connectivity index (χ1v) is 6.77. The molecule has 1 aromatic carbocycles. The molecule has 0 bridgehead atoms. The molecule has 2 heteroatoms. The number of allylic oxidation sites excluding steroid dienone is 2. The van der Waals surface area contributed by atoms with E-state index in [9.17, 15) is 0 Å². The summed E-state index contributed by atoms with van der Waals surface area (Å²) in [5.74, 6) is 0. The maximum absolute atomic E-state index is 3.91. The molecular weight excluding hydrogens is 274 g/mol. The summed E-state index contributed by atoms with van der Waals surface area (Å²) in [4.78, 5) is 0. The molecule has 90 valence electrons. The second kappa shape index (κ2) is 5.09. The first-order chi connectivity index (χ1) is 8.22. The van der Waals surface area contributed by atoms with Crippen molar-refractivity contribution in [3.63, 3.8) is 0 Å². The standard InChI is InChI=1S/C15H18BrN/c1-3-7-15(8-4-2)9-10-17-14-6-5-12(16)11-13(14)15/h3-6,11,17H,1-2,7-10H2. The van der Waals surface area contributed by atoms with E-state index in [4.69, 9.17) is 0 Å². The molecule has 0 fully saturated rings. The Labute approximate surface area is 112 Å². The zero-order valence-electron chi connectivity index (χ0n) is 10.0. The van der Waals surface area contributed by atoms with Gasteiger partial charge in [-0.15, -0.1) is 13.2 Å². The minimum atomic E-state index is 0.174. The molecule has 1 aliphatic rings. The van der Waals surface area contributed by atoms with Gasteiger partial charge in [-0.25, -0.2) is 0 Å². The lowest BCUT2D eigenvalue weighted by Crippen LogP contribution is -2.33. The number of anilines is 1. The smallest absolute Gasteiger partial charge is 0.0379 e. The van der Waals surface area contributed by atoms with Crippen molar-refractivity contribution < 1.29 is 0 Å². The van der Waals surface area contributed by atoms with Crippen molar-refractivity contribution in [3.8, 4) is 0 Å². The van der Waals surface area contributed by atoms with Crippen LogP contribution in [0.25, 0.3) is 0 Å². The molecule has 0 amide bonds. The van der Waals surface area contributed by atoms with E-state index < -0.39 is 0 Å². The van der Waals surface area contributed by atoms with Crippen LogP contribution in [0, 0.1) is 0 Å². The number of hydrogen-bond donors (Lipinski definition) is 1. The molecular formula is C15H18BrN. The topological polar surface area (TPSA) is 12.0 Å². The van der Waals surface area contributed by atoms with Gasteiger partial charge in [0.2, 0.25) is 0 Å². The van der Waals surface area contributed by atoms with Gasteiger partial charge in [0.25, 0.3) is 0 Å². The normalized spacial score (nSPS) is 16.8. The highest BCUT2D eigenvalue weighted by atomic mass is 79.9. The molecule has 1 aliphatic heterocycles. The lowest BCUT2D eigenvalue weighted by molar-refractivity contribution is 0.403. The maximum Gasteiger partial charge on any atom is 0.0379 e. The number of rotatable bonds is 4. The molecule has 1 heterocycles. The van der Waals surface area contributed by atoms with Gasteiger partial charge in [-0.2, -0.15) is 0 Å². The Hall–Kier alpha value is -1.02. The molecule has 0 saturated carbocycles. The molecule has 1 aromatic rings. The van der Waals surface area contributed by atoms with Crippen LogP contribution in [0.15, 0.2) is 48.0 Å². The fourth-order valence-electron chi connectivity index (χ4n) is 2.74. The van der Waals surface area contributed by atoms with Crippen molar-refractivity contribution in [2.24, 2.45) is 0 Å². The zero-order valence-corrected chi connectivity index (χ0v) is 11.6. The zero-order chi connectivity index (χ0) is 12.3. The molecule has 17 heavy (non-hydrogen) atoms. The highest BCUT2D eigenvalue weighted by molar-refractivity contribution is 9.10. The van der Waals surface area contributed by atoms with Gasteiger partial charge in [-0.05, 0) is 43.0 Å². The summed E-state index contributed by atoms with van der Waals surface area (Å²) in [6.45, 7) is 8.85. The summed E-state index contributed by atoms with van der Waals surface area (Å²) in [5.41, 5.74) is 2.81. The Morgan fingerprint density at radius 1 is 1.29 bits per heavy atom. The van der Waals surface area contributed by atoms with Crippen LogP contribution in [0.2, 0.25) is 0 Å². The molecule has 0 atom stereocenters. The van der Waals surface area contributed by atoms with Crippen molar-refractivity contribution in [2.45, 2.75) is 24.7 Å². The largest absolute Gasteiger partial charge is 0.385 e. The van der Waals surface area contributed by atoms with Gasteiger partial charge in [0, 0.05) is 22.1 Å². The van der Waals surface area contributed by atoms with Crippen molar-refractivity contribution in [2.75, 3.05) is 11.9 Å². The monoisotopic (exact) mass is 291 g/mol. The Kier molecular flexibility index (Phi) is 3.72. The van der Waals surface area contributed by atoms with Crippen LogP contribution in [-0.2, 0) is 5.41 Å². The number of nitrogens with one attached hydrogen (secondary N) is 1. The van der Waals surface area contributed by atoms with Crippen LogP contribution < -0.4 is 5.32 Å². The van der Waals surface area contributed by atoms with Crippen LogP contribution in [0.1, 0.15) is 24.8 Å². The maximum atomic E-state index is 3.91. The predicted octanol–water partition coefficient (Wildman–Crippen LogP) is 4.65. The summed E-state index contributed by atoms with van der Waals surface area (Å²) >= 11 is 3.56. The second-order valence-corrected chi connectivity index (χ2v) is 5.55. The van der Waals surface area contributed by atoms with Gasteiger partial charge < -0.3 is 5.32 Å². The van der Waals surface area contributed by atoms with Gasteiger partial charge >= 0.3 is 0 Å². The third kappa shape index (κ3) is 2.32. The lowest BCUT2D eigenvalue weighted by Gasteiger charge is -2.38. The first-order valence-electron chi connectivity index (χ1n) is 5.97. The predicted molar refractivity (Wildman–Crippen MR) is 78.6 cm³/mol. The van der Waals surface area contributed by atoms with Gasteiger partial charge in [-0.1, -0.05) is 28.1 Å². The highest BCUT2D eigenvalue weighted by Gasteiger charge is 2.34. The van der Waals surface area contributed by atoms with Crippen molar-refractivity contribution in [1.29, 1.82) is 0 Å². The Balaban J connectivity index is 2.52. The molecule has 2 rings (SSSR count). The number of fused-ring (bicyclic) bond motifs is 1. The van der Waals surface area contributed by atoms with Gasteiger partial charge in [0.15, 0.2) is 0 Å². The highest BCUT2D eigenvalue weighted by Crippen LogP contribution is 2.43. The third-order valence-corrected chi connectivity index (χ3v) is 4.04. The van der Waals surface area contributed by atoms with E-state index >= 15 is 0 Å². The van der Waals surface area contributed by atoms with Crippen LogP contribution in [0.5, 0.6) is 0 Å². The summed E-state index contributed by atoms with van der Waals surface area (Å²) in [6, 6.07) is 6.47. The van der Waals surface area contributed by atoms with Crippen LogP contribution in [-0.4, -0.2) is 6.54 Å². The van der Waals surface area contributed by atoms with Gasteiger partial charge in [-0.3, -0.25) is 0 Å². The van der Waals surface area contributed by atoms with E-state index in [0.29, 0.717) is 0 Å². The number of benzene rings is 1. The number of hydrogen-bond acceptors (Lipinski definition) is 1. The van der Waals surface area contributed by atoms with Crippen LogP contribution >= 0.6 is 15.9 Å². The third-order valence-electron chi connectivity index (χ3n) is 3.54. The first kappa shape index (κ1) is 12.4. The van der Waals surface area contributed by atoms with E-state index in [1.54, 1.807) is 0 Å². The van der Waals surface area contributed by atoms with E-state index in [0.717, 1.165) is 30.3 Å². The average molecular weight is 292 g/mol. The van der Waals surface area contributed by atoms with Crippen molar-refractivity contribution in [1.82, 2.24) is 0 Å². The molecule has 0 spiro atoms. The SMILES string of the molecule is C=CCC1(CC=C)CCNc2ccc(Br)cc21. The quantitative estimate of drug-likeness (QED) is 0.796. The molecule has 1 nitrogen and oxygen atoms in total. The Morgan fingerprint density at radius 3 is 2.65 bits per heavy atom. The minimum Gasteiger partial charge on any atom is -0.385 e. The molecule has 1 N–H and O–H groups in total. The van der Waals surface area contributed by atoms with Gasteiger partial charge in [0.05, 0.1) is 0 Å². The van der Waals surface area contributed by atoms with E-state index in [1.807, 2.05) is 12.2 Å². The number of halogens is 1. The molecule has 0 saturated heterocycles. The molecule has 0 aromatic heterocycles. The molecule has 0 unspecified atom stereocenters. The average Bonchev–Trinajstić information content (AvgIpc) is 2.31. The fraction of sp³-hybridized carbons (Fsp3) is 0.333. The second-order valence-electron chi connectivity index (χ2n) is 4.63. The lowest BCUT2D eigenvalue weighted by atomic mass is 9.70. The summed E-state index contributed by atoms with van der Waals surface area (Å²) in [6.07, 6.45) is 7.20. The van der Waals surface area contributed by atoms with Crippen LogP contribution in [0.3, 0.4) is 0 Å². The summed E-state index contributed by atoms with van der Waals surface area (Å²) in [7, 11) is 0. The molecule has 0 aliphatic carbocycles. The molecule has 0 radical (unpaired) electrons. The Bertz CT molecular complexity index is 427. The van der Waals surface area contributed by atoms with Crippen molar-refractivity contribution >= 4 is 21.6 Å². The van der Waals surface area contributed by atoms with Crippen LogP contribution in [0.4, 0.5) is 5.69 Å². The summed E-state index contributed by atoms with van der Waals surface area (Å²) in [5, 5.41) is 3.47. The van der Waals surface area contributed by atoms with E-state index in [-0.39, 0.29) is 5.41 Å². The summed E-state index contributed by atoms with van der Waals surface area (Å²) < 4.78 is 1.14. The van der Waals surface area contributed by atoms with Gasteiger partial charge in [0.1, 0.15) is 0 Å². The Morgan fingerprint density at radius 2 is 2.00 bits per heavy atom. The fourth-order valence-corrected chi connectivity index (χ4v) is 3.10. The van der Waals surface area contributed by atoms with E-state index in [1.165, 1.54) is 11.3 Å². The minimum absolute atomic E-state index is 0.174.